The van der Waals surface area contributed by atoms with E-state index in [4.69, 9.17) is 0 Å². The molecule has 0 saturated heterocycles. The fourth-order valence-electron chi connectivity index (χ4n) is 1.88. The first kappa shape index (κ1) is 15.2. The van der Waals surface area contributed by atoms with E-state index in [1.165, 1.54) is 12.1 Å². The maximum Gasteiger partial charge on any atom is 0.387 e. The van der Waals surface area contributed by atoms with Crippen LogP contribution in [0.4, 0.5) is 23.2 Å². The van der Waals surface area contributed by atoms with Gasteiger partial charge in [-0.05, 0) is 36.8 Å². The fourth-order valence-corrected chi connectivity index (χ4v) is 1.88. The molecule has 0 bridgehead atoms. The van der Waals surface area contributed by atoms with Crippen LogP contribution in [0.25, 0.3) is 0 Å². The predicted molar refractivity (Wildman–Crippen MR) is 71.5 cm³/mol. The van der Waals surface area contributed by atoms with E-state index >= 15 is 0 Å². The van der Waals surface area contributed by atoms with Gasteiger partial charge in [-0.2, -0.15) is 8.78 Å². The molecule has 1 atom stereocenters. The Morgan fingerprint density at radius 3 is 2.38 bits per heavy atom. The van der Waals surface area contributed by atoms with Crippen molar-refractivity contribution >= 4 is 5.69 Å². The van der Waals surface area contributed by atoms with Crippen LogP contribution >= 0.6 is 0 Å². The Morgan fingerprint density at radius 1 is 1.00 bits per heavy atom. The lowest BCUT2D eigenvalue weighted by Crippen LogP contribution is -2.10. The second-order valence-corrected chi connectivity index (χ2v) is 4.41. The van der Waals surface area contributed by atoms with Crippen molar-refractivity contribution in [2.45, 2.75) is 19.6 Å². The van der Waals surface area contributed by atoms with Gasteiger partial charge in [-0.15, -0.1) is 0 Å². The molecule has 0 heterocycles. The van der Waals surface area contributed by atoms with Gasteiger partial charge in [-0.25, -0.2) is 8.78 Å². The molecule has 0 spiro atoms. The number of ether oxygens (including phenoxy) is 1. The van der Waals surface area contributed by atoms with Crippen molar-refractivity contribution in [3.8, 4) is 5.75 Å². The van der Waals surface area contributed by atoms with Crippen LogP contribution in [0.2, 0.25) is 0 Å². The van der Waals surface area contributed by atoms with Crippen LogP contribution in [0.5, 0.6) is 5.75 Å². The van der Waals surface area contributed by atoms with E-state index in [0.717, 1.165) is 12.1 Å². The first-order valence-corrected chi connectivity index (χ1v) is 6.22. The molecule has 0 aromatic heterocycles. The highest BCUT2D eigenvalue weighted by molar-refractivity contribution is 5.57. The Kier molecular flexibility index (Phi) is 4.67. The summed E-state index contributed by atoms with van der Waals surface area (Å²) in [4.78, 5) is 0. The van der Waals surface area contributed by atoms with E-state index in [0.29, 0.717) is 11.3 Å². The lowest BCUT2D eigenvalue weighted by molar-refractivity contribution is -0.0493. The summed E-state index contributed by atoms with van der Waals surface area (Å²) in [5, 5.41) is 2.93. The lowest BCUT2D eigenvalue weighted by Gasteiger charge is -2.18. The maximum atomic E-state index is 13.2. The monoisotopic (exact) mass is 299 g/mol. The van der Waals surface area contributed by atoms with Crippen molar-refractivity contribution in [1.82, 2.24) is 0 Å². The molecule has 0 aliphatic heterocycles. The highest BCUT2D eigenvalue weighted by Gasteiger charge is 2.13. The standard InChI is InChI=1S/C15H13F4NO/c1-9(10-6-7-11(16)12(17)8-10)20-13-4-2-3-5-14(13)21-15(18)19/h2-9,15,20H,1H3. The van der Waals surface area contributed by atoms with E-state index in [1.807, 2.05) is 0 Å². The molecule has 0 saturated carbocycles. The van der Waals surface area contributed by atoms with Crippen LogP contribution in [0, 0.1) is 11.6 Å². The van der Waals surface area contributed by atoms with Crippen molar-refractivity contribution in [2.75, 3.05) is 5.32 Å². The quantitative estimate of drug-likeness (QED) is 0.805. The normalized spacial score (nSPS) is 12.3. The van der Waals surface area contributed by atoms with E-state index in [-0.39, 0.29) is 5.75 Å². The molecule has 1 N–H and O–H groups in total. The number of alkyl halides is 2. The number of nitrogens with one attached hydrogen (secondary N) is 1. The molecule has 2 aromatic carbocycles. The van der Waals surface area contributed by atoms with Crippen molar-refractivity contribution in [3.63, 3.8) is 0 Å². The summed E-state index contributed by atoms with van der Waals surface area (Å²) in [6, 6.07) is 9.26. The van der Waals surface area contributed by atoms with E-state index in [1.54, 1.807) is 25.1 Å². The van der Waals surface area contributed by atoms with Gasteiger partial charge in [0.25, 0.3) is 0 Å². The lowest BCUT2D eigenvalue weighted by atomic mass is 10.1. The van der Waals surface area contributed by atoms with E-state index in [2.05, 4.69) is 10.1 Å². The molecular weight excluding hydrogens is 286 g/mol. The Morgan fingerprint density at radius 2 is 1.71 bits per heavy atom. The summed E-state index contributed by atoms with van der Waals surface area (Å²) in [5.41, 5.74) is 0.829. The molecule has 0 aliphatic carbocycles. The molecule has 0 radical (unpaired) electrons. The second-order valence-electron chi connectivity index (χ2n) is 4.41. The Balaban J connectivity index is 2.19. The van der Waals surface area contributed by atoms with Crippen molar-refractivity contribution in [2.24, 2.45) is 0 Å². The third-order valence-electron chi connectivity index (χ3n) is 2.92. The number of benzene rings is 2. The topological polar surface area (TPSA) is 21.3 Å². The van der Waals surface area contributed by atoms with Crippen LogP contribution in [-0.2, 0) is 0 Å². The zero-order valence-corrected chi connectivity index (χ0v) is 11.1. The summed E-state index contributed by atoms with van der Waals surface area (Å²) in [6.07, 6.45) is 0. The Bertz CT molecular complexity index is 618. The number of hydrogen-bond donors (Lipinski definition) is 1. The summed E-state index contributed by atoms with van der Waals surface area (Å²) >= 11 is 0. The fraction of sp³-hybridized carbons (Fsp3) is 0.200. The van der Waals surface area contributed by atoms with Gasteiger partial charge in [0.05, 0.1) is 5.69 Å². The predicted octanol–water partition coefficient (Wildman–Crippen LogP) is 4.74. The molecule has 0 aliphatic rings. The number of rotatable bonds is 5. The minimum absolute atomic E-state index is 0.0121. The molecule has 6 heteroatoms. The average Bonchev–Trinajstić information content (AvgIpc) is 2.43. The summed E-state index contributed by atoms with van der Waals surface area (Å²) < 4.78 is 55.1. The highest BCUT2D eigenvalue weighted by Crippen LogP contribution is 2.29. The first-order valence-electron chi connectivity index (χ1n) is 6.22. The van der Waals surface area contributed by atoms with Crippen molar-refractivity contribution in [1.29, 1.82) is 0 Å². The van der Waals surface area contributed by atoms with Gasteiger partial charge in [-0.3, -0.25) is 0 Å². The molecule has 112 valence electrons. The third-order valence-corrected chi connectivity index (χ3v) is 2.92. The largest absolute Gasteiger partial charge is 0.433 e. The minimum atomic E-state index is -2.94. The SMILES string of the molecule is CC(Nc1ccccc1OC(F)F)c1ccc(F)c(F)c1. The van der Waals surface area contributed by atoms with Gasteiger partial charge >= 0.3 is 6.61 Å². The minimum Gasteiger partial charge on any atom is -0.433 e. The van der Waals surface area contributed by atoms with Gasteiger partial charge in [0.15, 0.2) is 11.6 Å². The van der Waals surface area contributed by atoms with Crippen LogP contribution in [0.15, 0.2) is 42.5 Å². The number of hydrogen-bond acceptors (Lipinski definition) is 2. The highest BCUT2D eigenvalue weighted by atomic mass is 19.3. The van der Waals surface area contributed by atoms with E-state index in [9.17, 15) is 17.6 Å². The zero-order valence-electron chi connectivity index (χ0n) is 11.1. The summed E-state index contributed by atoms with van der Waals surface area (Å²) in [7, 11) is 0. The van der Waals surface area contributed by atoms with Crippen LogP contribution in [0.3, 0.4) is 0 Å². The average molecular weight is 299 g/mol. The summed E-state index contributed by atoms with van der Waals surface area (Å²) in [5.74, 6) is -1.91. The van der Waals surface area contributed by atoms with Gasteiger partial charge in [0.2, 0.25) is 0 Å². The molecule has 2 aromatic rings. The zero-order chi connectivity index (χ0) is 15.4. The number of para-hydroxylation sites is 2. The third kappa shape index (κ3) is 3.87. The molecule has 2 nitrogen and oxygen atoms in total. The molecule has 0 fully saturated rings. The van der Waals surface area contributed by atoms with Gasteiger partial charge in [-0.1, -0.05) is 18.2 Å². The smallest absolute Gasteiger partial charge is 0.387 e. The van der Waals surface area contributed by atoms with Gasteiger partial charge < -0.3 is 10.1 Å². The maximum absolute atomic E-state index is 13.2. The van der Waals surface area contributed by atoms with Crippen LogP contribution in [-0.4, -0.2) is 6.61 Å². The van der Waals surface area contributed by atoms with Gasteiger partial charge in [0.1, 0.15) is 5.75 Å². The molecule has 21 heavy (non-hydrogen) atoms. The van der Waals surface area contributed by atoms with Crippen LogP contribution < -0.4 is 10.1 Å². The second kappa shape index (κ2) is 6.47. The molecule has 1 unspecified atom stereocenters. The van der Waals surface area contributed by atoms with Gasteiger partial charge in [0, 0.05) is 6.04 Å². The number of anilines is 1. The van der Waals surface area contributed by atoms with E-state index < -0.39 is 24.3 Å². The first-order chi connectivity index (χ1) is 9.97. The number of halogens is 4. The van der Waals surface area contributed by atoms with Crippen LogP contribution in [0.1, 0.15) is 18.5 Å². The molecule has 2 rings (SSSR count). The summed E-state index contributed by atoms with van der Waals surface area (Å²) in [6.45, 7) is -1.24. The Hall–Kier alpha value is -2.24. The molecule has 0 amide bonds. The molecular formula is C15H13F4NO. The van der Waals surface area contributed by atoms with Crippen molar-refractivity contribution < 1.29 is 22.3 Å². The Labute approximate surface area is 119 Å². The van der Waals surface area contributed by atoms with Crippen molar-refractivity contribution in [3.05, 3.63) is 59.7 Å².